The molecule has 4 heterocycles. The van der Waals surface area contributed by atoms with Crippen LogP contribution in [0.2, 0.25) is 0 Å². The SMILES string of the molecule is CC(=O)ON=C(C(=O)N[C@@H]1C(=O)N2C(C(=O)O)=C(C(CC(F)(F)F)=C3CCNC3=O)CC[C@H]12)c1csc(N)n1. The number of nitrogens with two attached hydrogens (primary N) is 1. The molecular weight excluding hydrogens is 549 g/mol. The van der Waals surface area contributed by atoms with Crippen molar-refractivity contribution in [1.29, 1.82) is 0 Å². The Morgan fingerprint density at radius 3 is 2.59 bits per heavy atom. The van der Waals surface area contributed by atoms with Gasteiger partial charge in [0.05, 0.1) is 12.5 Å². The van der Waals surface area contributed by atoms with Gasteiger partial charge in [-0.1, -0.05) is 5.16 Å². The Labute approximate surface area is 221 Å². The number of carboxylic acids is 1. The standard InChI is InChI=1S/C22H21F3N6O7S/c1-8(32)38-30-14(12-7-39-21(26)28-12)18(34)29-15-13-3-2-9(16(20(36)37)31(13)19(15)35)11(6-22(23,24)25)10-4-5-27-17(10)33/h7,13,15H,2-6H2,1H3,(H2,26,28)(H,27,33)(H,29,34)(H,36,37)/t13-,15+/m1/s1. The van der Waals surface area contributed by atoms with E-state index in [1.807, 2.05) is 0 Å². The molecule has 0 unspecified atom stereocenters. The number of rotatable bonds is 7. The number of nitrogens with one attached hydrogen (secondary N) is 2. The van der Waals surface area contributed by atoms with E-state index < -0.39 is 71.3 Å². The smallest absolute Gasteiger partial charge is 0.393 e. The van der Waals surface area contributed by atoms with Crippen molar-refractivity contribution in [2.45, 2.75) is 50.9 Å². The molecule has 0 aromatic carbocycles. The molecule has 0 bridgehead atoms. The maximum absolute atomic E-state index is 13.5. The van der Waals surface area contributed by atoms with E-state index in [4.69, 9.17) is 5.73 Å². The van der Waals surface area contributed by atoms with E-state index in [0.29, 0.717) is 0 Å². The molecule has 2 fully saturated rings. The molecule has 39 heavy (non-hydrogen) atoms. The van der Waals surface area contributed by atoms with Crippen LogP contribution in [0.5, 0.6) is 0 Å². The highest BCUT2D eigenvalue weighted by molar-refractivity contribution is 7.13. The van der Waals surface area contributed by atoms with Crippen LogP contribution in [0.4, 0.5) is 18.3 Å². The Morgan fingerprint density at radius 1 is 1.33 bits per heavy atom. The van der Waals surface area contributed by atoms with E-state index >= 15 is 0 Å². The molecule has 0 spiro atoms. The molecule has 1 aromatic heterocycles. The van der Waals surface area contributed by atoms with Gasteiger partial charge >= 0.3 is 18.1 Å². The number of fused-ring (bicyclic) bond motifs is 1. The summed E-state index contributed by atoms with van der Waals surface area (Å²) in [5, 5.41) is 19.6. The number of aromatic nitrogens is 1. The highest BCUT2D eigenvalue weighted by Gasteiger charge is 2.54. The first-order valence-corrected chi connectivity index (χ1v) is 12.3. The fourth-order valence-corrected chi connectivity index (χ4v) is 5.23. The number of anilines is 1. The number of alkyl halides is 3. The minimum absolute atomic E-state index is 0.000866. The van der Waals surface area contributed by atoms with E-state index in [9.17, 15) is 42.3 Å². The fraction of sp³-hybridized carbons (Fsp3) is 0.409. The molecule has 0 radical (unpaired) electrons. The topological polar surface area (TPSA) is 193 Å². The van der Waals surface area contributed by atoms with E-state index in [0.717, 1.165) is 23.2 Å². The number of hydrogen-bond donors (Lipinski definition) is 4. The van der Waals surface area contributed by atoms with Crippen LogP contribution < -0.4 is 16.4 Å². The lowest BCUT2D eigenvalue weighted by Gasteiger charge is -2.50. The molecule has 208 valence electrons. The van der Waals surface area contributed by atoms with Crippen LogP contribution in [0.25, 0.3) is 0 Å². The van der Waals surface area contributed by atoms with Gasteiger partial charge in [0.1, 0.15) is 17.4 Å². The largest absolute Gasteiger partial charge is 0.477 e. The van der Waals surface area contributed by atoms with Gasteiger partial charge < -0.3 is 26.3 Å². The Balaban J connectivity index is 1.65. The number of carboxylic acid groups (broad SMARTS) is 1. The maximum atomic E-state index is 13.5. The summed E-state index contributed by atoms with van der Waals surface area (Å²) in [7, 11) is 0. The van der Waals surface area contributed by atoms with Crippen molar-refractivity contribution in [3.8, 4) is 0 Å². The molecule has 13 nitrogen and oxygen atoms in total. The molecule has 1 aromatic rings. The van der Waals surface area contributed by atoms with E-state index in [1.165, 1.54) is 5.38 Å². The number of β-lactam (4-membered cyclic amide) rings is 1. The van der Waals surface area contributed by atoms with Gasteiger partial charge in [0.15, 0.2) is 10.8 Å². The Bertz CT molecular complexity index is 1370. The van der Waals surface area contributed by atoms with Gasteiger partial charge in [-0.3, -0.25) is 19.3 Å². The fourth-order valence-electron chi connectivity index (χ4n) is 4.68. The van der Waals surface area contributed by atoms with E-state index in [-0.39, 0.29) is 47.8 Å². The molecule has 4 rings (SSSR count). The number of hydrogen-bond acceptors (Lipinski definition) is 10. The number of halogens is 3. The number of nitrogen functional groups attached to an aromatic ring is 1. The number of carbonyl (C=O) groups excluding carboxylic acids is 4. The number of oxime groups is 1. The lowest BCUT2D eigenvalue weighted by Crippen LogP contribution is -2.72. The van der Waals surface area contributed by atoms with E-state index in [1.54, 1.807) is 0 Å². The molecule has 5 N–H and O–H groups in total. The summed E-state index contributed by atoms with van der Waals surface area (Å²) in [5.74, 6) is -5.09. The second-order valence-corrected chi connectivity index (χ2v) is 9.64. The summed E-state index contributed by atoms with van der Waals surface area (Å²) in [6, 6.07) is -2.15. The first-order chi connectivity index (χ1) is 18.3. The maximum Gasteiger partial charge on any atom is 0.393 e. The highest BCUT2D eigenvalue weighted by atomic mass is 32.1. The van der Waals surface area contributed by atoms with Crippen molar-refractivity contribution in [2.24, 2.45) is 5.16 Å². The summed E-state index contributed by atoms with van der Waals surface area (Å²) in [4.78, 5) is 70.9. The molecule has 3 amide bonds. The number of amides is 3. The molecule has 17 heteroatoms. The minimum atomic E-state index is -4.75. The normalized spacial score (nSPS) is 22.7. The Kier molecular flexibility index (Phi) is 7.45. The van der Waals surface area contributed by atoms with Crippen molar-refractivity contribution in [3.05, 3.63) is 33.5 Å². The number of nitrogens with zero attached hydrogens (tertiary/aromatic N) is 3. The van der Waals surface area contributed by atoms with Crippen LogP contribution >= 0.6 is 11.3 Å². The van der Waals surface area contributed by atoms with Gasteiger partial charge in [0.25, 0.3) is 11.8 Å². The van der Waals surface area contributed by atoms with Crippen LogP contribution in [0.15, 0.2) is 33.0 Å². The summed E-state index contributed by atoms with van der Waals surface area (Å²) >= 11 is 0.968. The van der Waals surface area contributed by atoms with Crippen LogP contribution in [0.1, 0.15) is 38.3 Å². The third-order valence-corrected chi connectivity index (χ3v) is 6.89. The van der Waals surface area contributed by atoms with Crippen molar-refractivity contribution < 1.29 is 47.1 Å². The lowest BCUT2D eigenvalue weighted by molar-refractivity contribution is -0.155. The zero-order valence-electron chi connectivity index (χ0n) is 20.1. The Morgan fingerprint density at radius 2 is 2.05 bits per heavy atom. The van der Waals surface area contributed by atoms with E-state index in [2.05, 4.69) is 25.6 Å². The number of carbonyl (C=O) groups is 5. The monoisotopic (exact) mass is 570 g/mol. The van der Waals surface area contributed by atoms with Gasteiger partial charge in [-0.15, -0.1) is 11.3 Å². The average Bonchev–Trinajstić information content (AvgIpc) is 3.47. The van der Waals surface area contributed by atoms with Crippen molar-refractivity contribution >= 4 is 51.8 Å². The molecule has 2 atom stereocenters. The van der Waals surface area contributed by atoms with Gasteiger partial charge in [-0.25, -0.2) is 14.6 Å². The van der Waals surface area contributed by atoms with Gasteiger partial charge in [-0.2, -0.15) is 13.2 Å². The third kappa shape index (κ3) is 5.62. The summed E-state index contributed by atoms with van der Waals surface area (Å²) in [6.07, 6.45) is -6.50. The van der Waals surface area contributed by atoms with Crippen LogP contribution in [0.3, 0.4) is 0 Å². The molecule has 3 aliphatic rings. The Hall–Kier alpha value is -4.28. The summed E-state index contributed by atoms with van der Waals surface area (Å²) in [6.45, 7) is 1.14. The predicted octanol–water partition coefficient (Wildman–Crippen LogP) is 0.590. The molecule has 3 aliphatic heterocycles. The first-order valence-electron chi connectivity index (χ1n) is 11.4. The zero-order chi connectivity index (χ0) is 28.6. The second kappa shape index (κ2) is 10.5. The predicted molar refractivity (Wildman–Crippen MR) is 127 cm³/mol. The number of aliphatic carboxylic acids is 1. The molecular formula is C22H21F3N6O7S. The van der Waals surface area contributed by atoms with Gasteiger partial charge in [-0.05, 0) is 30.4 Å². The van der Waals surface area contributed by atoms with Crippen LogP contribution in [-0.4, -0.2) is 75.2 Å². The third-order valence-electron chi connectivity index (χ3n) is 6.21. The van der Waals surface area contributed by atoms with Crippen molar-refractivity contribution in [3.63, 3.8) is 0 Å². The second-order valence-electron chi connectivity index (χ2n) is 8.75. The zero-order valence-corrected chi connectivity index (χ0v) is 20.9. The first kappa shape index (κ1) is 27.7. The van der Waals surface area contributed by atoms with Crippen LogP contribution in [-0.2, 0) is 28.8 Å². The van der Waals surface area contributed by atoms with Gasteiger partial charge in [0.2, 0.25) is 5.91 Å². The summed E-state index contributed by atoms with van der Waals surface area (Å²) in [5.41, 5.74) is 3.50. The van der Waals surface area contributed by atoms with Gasteiger partial charge in [0, 0.05) is 24.4 Å². The van der Waals surface area contributed by atoms with Crippen molar-refractivity contribution in [1.82, 2.24) is 20.5 Å². The summed E-state index contributed by atoms with van der Waals surface area (Å²) < 4.78 is 40.4. The van der Waals surface area contributed by atoms with Crippen molar-refractivity contribution in [2.75, 3.05) is 12.3 Å². The highest BCUT2D eigenvalue weighted by Crippen LogP contribution is 2.43. The number of thiazole rings is 1. The average molecular weight is 571 g/mol. The molecule has 2 saturated heterocycles. The minimum Gasteiger partial charge on any atom is -0.477 e. The molecule has 0 aliphatic carbocycles. The number of allylic oxidation sites excluding steroid dienone is 2. The lowest BCUT2D eigenvalue weighted by atomic mass is 9.79. The molecule has 0 saturated carbocycles. The van der Waals surface area contributed by atoms with Crippen LogP contribution in [0, 0.1) is 0 Å². The quantitative estimate of drug-likeness (QED) is 0.119.